The number of amides is 1. The lowest BCUT2D eigenvalue weighted by molar-refractivity contribution is 0.0398. The second kappa shape index (κ2) is 11.0. The molecule has 4 heterocycles. The van der Waals surface area contributed by atoms with Crippen molar-refractivity contribution >= 4 is 28.7 Å². The molecule has 1 saturated heterocycles. The van der Waals surface area contributed by atoms with Crippen molar-refractivity contribution in [2.45, 2.75) is 37.8 Å². The highest BCUT2D eigenvalue weighted by Crippen LogP contribution is 2.25. The maximum Gasteiger partial charge on any atom is 0.276 e. The van der Waals surface area contributed by atoms with E-state index in [-0.39, 0.29) is 11.9 Å². The molecule has 5 rings (SSSR count). The fourth-order valence-corrected chi connectivity index (χ4v) is 4.60. The van der Waals surface area contributed by atoms with Crippen LogP contribution in [0.4, 0.5) is 17.2 Å². The molecular weight excluding hydrogens is 446 g/mol. The fraction of sp³-hybridized carbons (Fsp3) is 0.500. The number of carbonyl (C=O) groups excluding carboxylic acids is 1. The number of aromatic nitrogens is 4. The number of ether oxygens (including phenoxy) is 1. The largest absolute Gasteiger partial charge is 0.381 e. The van der Waals surface area contributed by atoms with Crippen molar-refractivity contribution in [3.8, 4) is 0 Å². The molecule has 0 unspecified atom stereocenters. The topological polar surface area (TPSA) is 135 Å². The molecule has 1 amide bonds. The summed E-state index contributed by atoms with van der Waals surface area (Å²) in [6.45, 7) is 5.07. The first kappa shape index (κ1) is 23.5. The van der Waals surface area contributed by atoms with Crippen LogP contribution in [0.1, 0.15) is 36.2 Å². The molecule has 0 aromatic carbocycles. The molecule has 35 heavy (non-hydrogen) atoms. The third-order valence-electron chi connectivity index (χ3n) is 6.61. The number of nitrogens with zero attached hydrogens (tertiary/aromatic N) is 5. The quantitative estimate of drug-likeness (QED) is 0.381. The predicted molar refractivity (Wildman–Crippen MR) is 135 cm³/mol. The van der Waals surface area contributed by atoms with Crippen molar-refractivity contribution in [3.63, 3.8) is 0 Å². The van der Waals surface area contributed by atoms with Crippen LogP contribution in [0, 0.1) is 0 Å². The average Bonchev–Trinajstić information content (AvgIpc) is 3.31. The molecule has 2 fully saturated rings. The van der Waals surface area contributed by atoms with Crippen molar-refractivity contribution in [1.29, 1.82) is 0 Å². The third-order valence-corrected chi connectivity index (χ3v) is 6.61. The minimum atomic E-state index is -0.281. The van der Waals surface area contributed by atoms with Crippen molar-refractivity contribution in [3.05, 3.63) is 42.5 Å². The molecule has 1 saturated carbocycles. The maximum absolute atomic E-state index is 13.1. The van der Waals surface area contributed by atoms with Gasteiger partial charge in [-0.3, -0.25) is 14.7 Å². The van der Waals surface area contributed by atoms with Gasteiger partial charge in [-0.1, -0.05) is 0 Å². The van der Waals surface area contributed by atoms with Crippen LogP contribution in [-0.4, -0.2) is 81.9 Å². The number of pyridine rings is 1. The van der Waals surface area contributed by atoms with E-state index in [1.807, 2.05) is 6.07 Å². The van der Waals surface area contributed by atoms with E-state index in [1.165, 1.54) is 0 Å². The summed E-state index contributed by atoms with van der Waals surface area (Å²) in [5.41, 5.74) is 8.56. The summed E-state index contributed by atoms with van der Waals surface area (Å²) >= 11 is 0. The van der Waals surface area contributed by atoms with E-state index in [0.717, 1.165) is 70.8 Å². The Kier molecular flexibility index (Phi) is 7.36. The van der Waals surface area contributed by atoms with Crippen LogP contribution >= 0.6 is 0 Å². The lowest BCUT2D eigenvalue weighted by Gasteiger charge is -2.27. The van der Waals surface area contributed by atoms with Crippen LogP contribution in [-0.2, 0) is 4.74 Å². The molecule has 11 nitrogen and oxygen atoms in total. The van der Waals surface area contributed by atoms with Gasteiger partial charge in [0.1, 0.15) is 5.82 Å². The van der Waals surface area contributed by atoms with Gasteiger partial charge in [-0.25, -0.2) is 9.50 Å². The van der Waals surface area contributed by atoms with Crippen LogP contribution in [0.25, 0.3) is 5.65 Å². The molecule has 186 valence electrons. The normalized spacial score (nSPS) is 21.1. The number of carbonyl (C=O) groups is 1. The van der Waals surface area contributed by atoms with Gasteiger partial charge in [0.15, 0.2) is 11.3 Å². The molecule has 11 heteroatoms. The Morgan fingerprint density at radius 2 is 1.91 bits per heavy atom. The third kappa shape index (κ3) is 5.87. The lowest BCUT2D eigenvalue weighted by atomic mass is 9.92. The molecule has 0 bridgehead atoms. The highest BCUT2D eigenvalue weighted by Gasteiger charge is 2.21. The van der Waals surface area contributed by atoms with Crippen molar-refractivity contribution in [2.75, 3.05) is 55.3 Å². The number of hydrogen-bond acceptors (Lipinski definition) is 9. The van der Waals surface area contributed by atoms with Gasteiger partial charge in [-0.05, 0) is 37.8 Å². The van der Waals surface area contributed by atoms with Crippen LogP contribution in [0.5, 0.6) is 0 Å². The molecule has 2 aliphatic rings. The molecule has 3 aromatic heterocycles. The number of nitrogens with one attached hydrogen (secondary N) is 3. The Morgan fingerprint density at radius 1 is 1.14 bits per heavy atom. The highest BCUT2D eigenvalue weighted by molar-refractivity contribution is 6.03. The second-order valence-electron chi connectivity index (χ2n) is 9.15. The molecule has 0 atom stereocenters. The predicted octanol–water partition coefficient (Wildman–Crippen LogP) is 1.80. The van der Waals surface area contributed by atoms with Gasteiger partial charge in [0.05, 0.1) is 25.1 Å². The van der Waals surface area contributed by atoms with E-state index in [1.54, 1.807) is 35.2 Å². The van der Waals surface area contributed by atoms with E-state index in [2.05, 4.69) is 30.8 Å². The molecule has 1 aliphatic carbocycles. The summed E-state index contributed by atoms with van der Waals surface area (Å²) in [5, 5.41) is 14.7. The van der Waals surface area contributed by atoms with E-state index in [0.29, 0.717) is 28.9 Å². The maximum atomic E-state index is 13.1. The van der Waals surface area contributed by atoms with Gasteiger partial charge >= 0.3 is 0 Å². The minimum Gasteiger partial charge on any atom is -0.381 e. The van der Waals surface area contributed by atoms with E-state index < -0.39 is 0 Å². The number of imidazole rings is 1. The van der Waals surface area contributed by atoms with Gasteiger partial charge in [0, 0.05) is 62.4 Å². The number of fused-ring (bicyclic) bond motifs is 1. The van der Waals surface area contributed by atoms with Crippen molar-refractivity contribution in [1.82, 2.24) is 24.5 Å². The first-order valence-electron chi connectivity index (χ1n) is 12.3. The Labute approximate surface area is 204 Å². The summed E-state index contributed by atoms with van der Waals surface area (Å²) < 4.78 is 7.06. The van der Waals surface area contributed by atoms with Crippen LogP contribution in [0.15, 0.2) is 36.8 Å². The number of hydrogen-bond donors (Lipinski definition) is 4. The van der Waals surface area contributed by atoms with Crippen LogP contribution in [0.2, 0.25) is 0 Å². The zero-order valence-electron chi connectivity index (χ0n) is 19.8. The Balaban J connectivity index is 1.38. The minimum absolute atomic E-state index is 0.276. The summed E-state index contributed by atoms with van der Waals surface area (Å²) in [6.07, 6.45) is 8.83. The molecule has 5 N–H and O–H groups in total. The van der Waals surface area contributed by atoms with Crippen LogP contribution in [0.3, 0.4) is 0 Å². The van der Waals surface area contributed by atoms with Gasteiger partial charge in [0.2, 0.25) is 0 Å². The Morgan fingerprint density at radius 3 is 2.69 bits per heavy atom. The van der Waals surface area contributed by atoms with Crippen molar-refractivity contribution < 1.29 is 9.53 Å². The van der Waals surface area contributed by atoms with E-state index >= 15 is 0 Å². The number of nitrogens with two attached hydrogens (primary N) is 1. The average molecular weight is 480 g/mol. The number of anilines is 3. The summed E-state index contributed by atoms with van der Waals surface area (Å²) in [5.74, 6) is 0.430. The molecule has 3 aromatic rings. The van der Waals surface area contributed by atoms with Gasteiger partial charge in [-0.15, -0.1) is 5.10 Å². The number of rotatable bonds is 8. The standard InChI is InChI=1S/C24H33N9O2/c25-17-1-3-18(4-2-17)29-22-15-20(27-9-10-32-11-13-35-14-12-32)23-28-16-21(33(23)31-22)24(34)30-19-5-7-26-8-6-19/h5-8,15-18,27H,1-4,9-14,25H2,(H,29,31)(H,26,30,34)/t17-,18-. The molecule has 1 aliphatic heterocycles. The zero-order chi connectivity index (χ0) is 24.0. The monoisotopic (exact) mass is 479 g/mol. The first-order valence-corrected chi connectivity index (χ1v) is 12.3. The van der Waals surface area contributed by atoms with E-state index in [4.69, 9.17) is 15.6 Å². The number of morpholine rings is 1. The summed E-state index contributed by atoms with van der Waals surface area (Å²) in [7, 11) is 0. The SMILES string of the molecule is N[C@H]1CC[C@H](Nc2cc(NCCN3CCOCC3)c3ncc(C(=O)Nc4ccncc4)n3n2)CC1. The Hall–Kier alpha value is -3.28. The highest BCUT2D eigenvalue weighted by atomic mass is 16.5. The van der Waals surface area contributed by atoms with Gasteiger partial charge < -0.3 is 26.4 Å². The van der Waals surface area contributed by atoms with Crippen molar-refractivity contribution in [2.24, 2.45) is 5.73 Å². The smallest absolute Gasteiger partial charge is 0.276 e. The zero-order valence-corrected chi connectivity index (χ0v) is 19.8. The van der Waals surface area contributed by atoms with Gasteiger partial charge in [-0.2, -0.15) is 0 Å². The van der Waals surface area contributed by atoms with Crippen LogP contribution < -0.4 is 21.7 Å². The molecular formula is C24H33N9O2. The summed E-state index contributed by atoms with van der Waals surface area (Å²) in [6, 6.07) is 6.06. The fourth-order valence-electron chi connectivity index (χ4n) is 4.60. The van der Waals surface area contributed by atoms with Gasteiger partial charge in [0.25, 0.3) is 5.91 Å². The second-order valence-corrected chi connectivity index (χ2v) is 9.15. The van der Waals surface area contributed by atoms with E-state index in [9.17, 15) is 4.79 Å². The Bertz CT molecular complexity index is 1120. The lowest BCUT2D eigenvalue weighted by Crippen LogP contribution is -2.39. The molecule has 0 radical (unpaired) electrons. The molecule has 0 spiro atoms. The summed E-state index contributed by atoms with van der Waals surface area (Å²) in [4.78, 5) is 24.0. The first-order chi connectivity index (χ1) is 17.2.